The number of rotatable bonds is 11. The van der Waals surface area contributed by atoms with E-state index in [1.807, 2.05) is 54.6 Å². The lowest BCUT2D eigenvalue weighted by Gasteiger charge is -2.13. The molecular formula is C28H27ClN4O3S. The van der Waals surface area contributed by atoms with Crippen LogP contribution in [0.2, 0.25) is 5.02 Å². The van der Waals surface area contributed by atoms with E-state index >= 15 is 0 Å². The van der Waals surface area contributed by atoms with E-state index in [-0.39, 0.29) is 29.5 Å². The first-order chi connectivity index (χ1) is 18.0. The molecule has 0 saturated carbocycles. The first kappa shape index (κ1) is 26.4. The number of amides is 2. The summed E-state index contributed by atoms with van der Waals surface area (Å²) < 4.78 is 1.55. The van der Waals surface area contributed by atoms with Crippen LogP contribution in [0.5, 0.6) is 0 Å². The van der Waals surface area contributed by atoms with Crippen molar-refractivity contribution in [3.05, 3.63) is 105 Å². The maximum absolute atomic E-state index is 13.2. The summed E-state index contributed by atoms with van der Waals surface area (Å²) >= 11 is 7.36. The molecule has 3 aromatic carbocycles. The predicted molar refractivity (Wildman–Crippen MR) is 148 cm³/mol. The summed E-state index contributed by atoms with van der Waals surface area (Å²) in [5.41, 5.74) is 2.24. The van der Waals surface area contributed by atoms with E-state index in [0.29, 0.717) is 47.1 Å². The molecule has 9 heteroatoms. The van der Waals surface area contributed by atoms with E-state index in [0.717, 1.165) is 11.1 Å². The summed E-state index contributed by atoms with van der Waals surface area (Å²) in [7, 11) is 0. The van der Waals surface area contributed by atoms with Crippen LogP contribution in [0.25, 0.3) is 10.9 Å². The lowest BCUT2D eigenvalue weighted by Crippen LogP contribution is -2.27. The number of thioether (sulfide) groups is 1. The van der Waals surface area contributed by atoms with Crippen LogP contribution in [0.15, 0.2) is 88.8 Å². The van der Waals surface area contributed by atoms with E-state index in [2.05, 4.69) is 15.6 Å². The Morgan fingerprint density at radius 2 is 1.57 bits per heavy atom. The van der Waals surface area contributed by atoms with Gasteiger partial charge in [-0.3, -0.25) is 19.0 Å². The van der Waals surface area contributed by atoms with E-state index in [9.17, 15) is 14.4 Å². The lowest BCUT2D eigenvalue weighted by atomic mass is 10.2. The molecule has 7 nitrogen and oxygen atoms in total. The molecule has 0 bridgehead atoms. The van der Waals surface area contributed by atoms with Crippen molar-refractivity contribution in [1.82, 2.24) is 20.2 Å². The molecule has 1 heterocycles. The third-order valence-corrected chi connectivity index (χ3v) is 7.06. The number of benzene rings is 3. The Morgan fingerprint density at radius 3 is 2.38 bits per heavy atom. The third kappa shape index (κ3) is 7.44. The van der Waals surface area contributed by atoms with Crippen LogP contribution in [0.3, 0.4) is 0 Å². The topological polar surface area (TPSA) is 93.1 Å². The standard InChI is InChI=1S/C28H27ClN4O3S/c29-23-13-6-4-11-21(23)18-31-25(34)15-8-16-33-27(36)22-12-5-7-14-24(22)32-28(33)37-19-26(35)30-17-20-9-2-1-3-10-20/h1-7,9-14H,8,15-19H2,(H,30,35)(H,31,34). The van der Waals surface area contributed by atoms with Crippen LogP contribution in [-0.4, -0.2) is 27.1 Å². The van der Waals surface area contributed by atoms with Gasteiger partial charge in [0.25, 0.3) is 5.56 Å². The van der Waals surface area contributed by atoms with E-state index in [4.69, 9.17) is 11.6 Å². The van der Waals surface area contributed by atoms with Crippen molar-refractivity contribution in [2.45, 2.75) is 37.6 Å². The van der Waals surface area contributed by atoms with E-state index in [1.54, 1.807) is 28.8 Å². The third-order valence-electron chi connectivity index (χ3n) is 5.71. The second-order valence-corrected chi connectivity index (χ2v) is 9.74. The van der Waals surface area contributed by atoms with Gasteiger partial charge in [0.05, 0.1) is 16.7 Å². The van der Waals surface area contributed by atoms with Gasteiger partial charge < -0.3 is 10.6 Å². The molecule has 0 aliphatic rings. The molecule has 1 aromatic heterocycles. The normalized spacial score (nSPS) is 10.8. The summed E-state index contributed by atoms with van der Waals surface area (Å²) in [5, 5.41) is 7.32. The quantitative estimate of drug-likeness (QED) is 0.217. The highest BCUT2D eigenvalue weighted by Crippen LogP contribution is 2.19. The van der Waals surface area contributed by atoms with Crippen molar-refractivity contribution >= 4 is 46.1 Å². The highest BCUT2D eigenvalue weighted by molar-refractivity contribution is 7.99. The Morgan fingerprint density at radius 1 is 0.865 bits per heavy atom. The van der Waals surface area contributed by atoms with Gasteiger partial charge in [-0.2, -0.15) is 0 Å². The van der Waals surface area contributed by atoms with Crippen molar-refractivity contribution in [2.24, 2.45) is 0 Å². The molecule has 0 spiro atoms. The molecule has 4 aromatic rings. The van der Waals surface area contributed by atoms with Gasteiger partial charge in [-0.15, -0.1) is 0 Å². The minimum absolute atomic E-state index is 0.121. The van der Waals surface area contributed by atoms with Gasteiger partial charge in [0.2, 0.25) is 11.8 Å². The fourth-order valence-corrected chi connectivity index (χ4v) is 4.81. The molecule has 4 rings (SSSR count). The smallest absolute Gasteiger partial charge is 0.262 e. The number of carbonyl (C=O) groups excluding carboxylic acids is 2. The Hall–Kier alpha value is -3.62. The number of para-hydroxylation sites is 1. The second-order valence-electron chi connectivity index (χ2n) is 8.39. The number of hydrogen-bond acceptors (Lipinski definition) is 5. The fraction of sp³-hybridized carbons (Fsp3) is 0.214. The van der Waals surface area contributed by atoms with Crippen molar-refractivity contribution in [2.75, 3.05) is 5.75 Å². The molecule has 0 saturated heterocycles. The lowest BCUT2D eigenvalue weighted by molar-refractivity contribution is -0.121. The second kappa shape index (κ2) is 13.1. The molecule has 0 aliphatic heterocycles. The van der Waals surface area contributed by atoms with Gasteiger partial charge >= 0.3 is 0 Å². The number of halogens is 1. The SMILES string of the molecule is O=C(CCCn1c(SCC(=O)NCc2ccccc2)nc2ccccc2c1=O)NCc1ccccc1Cl. The minimum Gasteiger partial charge on any atom is -0.352 e. The van der Waals surface area contributed by atoms with Gasteiger partial charge in [-0.25, -0.2) is 4.98 Å². The molecule has 37 heavy (non-hydrogen) atoms. The predicted octanol–water partition coefficient (Wildman–Crippen LogP) is 4.56. The van der Waals surface area contributed by atoms with Crippen molar-refractivity contribution in [3.8, 4) is 0 Å². The fourth-order valence-electron chi connectivity index (χ4n) is 3.75. The highest BCUT2D eigenvalue weighted by Gasteiger charge is 2.14. The number of carbonyl (C=O) groups is 2. The first-order valence-electron chi connectivity index (χ1n) is 11.9. The average Bonchev–Trinajstić information content (AvgIpc) is 2.92. The van der Waals surface area contributed by atoms with Crippen LogP contribution in [0.4, 0.5) is 0 Å². The Kier molecular flexibility index (Phi) is 9.35. The van der Waals surface area contributed by atoms with Gasteiger partial charge in [0.1, 0.15) is 0 Å². The maximum atomic E-state index is 13.2. The van der Waals surface area contributed by atoms with Gasteiger partial charge in [0.15, 0.2) is 5.16 Å². The Labute approximate surface area is 224 Å². The Bertz CT molecular complexity index is 1440. The summed E-state index contributed by atoms with van der Waals surface area (Å²) in [6.45, 7) is 1.08. The van der Waals surface area contributed by atoms with Crippen LogP contribution < -0.4 is 16.2 Å². The average molecular weight is 535 g/mol. The van der Waals surface area contributed by atoms with Crippen molar-refractivity contribution < 1.29 is 9.59 Å². The Balaban J connectivity index is 1.38. The van der Waals surface area contributed by atoms with Crippen molar-refractivity contribution in [1.29, 1.82) is 0 Å². The molecule has 0 atom stereocenters. The zero-order valence-corrected chi connectivity index (χ0v) is 21.7. The van der Waals surface area contributed by atoms with Crippen LogP contribution in [-0.2, 0) is 29.2 Å². The number of fused-ring (bicyclic) bond motifs is 1. The van der Waals surface area contributed by atoms with Crippen LogP contribution in [0.1, 0.15) is 24.0 Å². The number of nitrogens with zero attached hydrogens (tertiary/aromatic N) is 2. The number of nitrogens with one attached hydrogen (secondary N) is 2. The zero-order valence-electron chi connectivity index (χ0n) is 20.2. The van der Waals surface area contributed by atoms with E-state index < -0.39 is 0 Å². The van der Waals surface area contributed by atoms with Crippen LogP contribution in [0, 0.1) is 0 Å². The first-order valence-corrected chi connectivity index (χ1v) is 13.3. The summed E-state index contributed by atoms with van der Waals surface area (Å²) in [4.78, 5) is 42.7. The number of aromatic nitrogens is 2. The summed E-state index contributed by atoms with van der Waals surface area (Å²) in [6, 6.07) is 24.1. The number of hydrogen-bond donors (Lipinski definition) is 2. The molecule has 190 valence electrons. The maximum Gasteiger partial charge on any atom is 0.262 e. The monoisotopic (exact) mass is 534 g/mol. The van der Waals surface area contributed by atoms with Crippen molar-refractivity contribution in [3.63, 3.8) is 0 Å². The zero-order chi connectivity index (χ0) is 26.0. The van der Waals surface area contributed by atoms with Gasteiger partial charge in [0, 0.05) is 31.1 Å². The molecule has 0 unspecified atom stereocenters. The summed E-state index contributed by atoms with van der Waals surface area (Å²) in [6.07, 6.45) is 0.688. The summed E-state index contributed by atoms with van der Waals surface area (Å²) in [5.74, 6) is -0.159. The molecular weight excluding hydrogens is 508 g/mol. The molecule has 0 aliphatic carbocycles. The highest BCUT2D eigenvalue weighted by atomic mass is 35.5. The van der Waals surface area contributed by atoms with Crippen LogP contribution >= 0.6 is 23.4 Å². The van der Waals surface area contributed by atoms with Gasteiger partial charge in [-0.1, -0.05) is 84.0 Å². The molecule has 0 fully saturated rings. The molecule has 2 amide bonds. The van der Waals surface area contributed by atoms with Gasteiger partial charge in [-0.05, 0) is 35.7 Å². The van der Waals surface area contributed by atoms with E-state index in [1.165, 1.54) is 11.8 Å². The minimum atomic E-state index is -0.186. The molecule has 0 radical (unpaired) electrons. The largest absolute Gasteiger partial charge is 0.352 e. The molecule has 2 N–H and O–H groups in total.